The van der Waals surface area contributed by atoms with Crippen molar-refractivity contribution < 1.29 is 13.2 Å². The molecule has 0 saturated heterocycles. The highest BCUT2D eigenvalue weighted by atomic mass is 32.2. The van der Waals surface area contributed by atoms with Gasteiger partial charge in [0, 0.05) is 12.8 Å². The Labute approximate surface area is 89.0 Å². The third-order valence-electron chi connectivity index (χ3n) is 1.72. The Hall–Kier alpha value is -0.760. The molecule has 0 aliphatic heterocycles. The van der Waals surface area contributed by atoms with Gasteiger partial charge in [0.1, 0.15) is 5.82 Å². The molecule has 0 unspecified atom stereocenters. The Morgan fingerprint density at radius 3 is 2.53 bits per heavy atom. The van der Waals surface area contributed by atoms with Crippen LogP contribution in [0.25, 0.3) is 0 Å². The van der Waals surface area contributed by atoms with Gasteiger partial charge >= 0.3 is 6.18 Å². The van der Waals surface area contributed by atoms with E-state index in [0.29, 0.717) is 11.0 Å². The average molecular weight is 240 g/mol. The van der Waals surface area contributed by atoms with Crippen molar-refractivity contribution in [2.75, 3.05) is 5.75 Å². The van der Waals surface area contributed by atoms with E-state index < -0.39 is 12.6 Å². The zero-order valence-corrected chi connectivity index (χ0v) is 8.90. The van der Waals surface area contributed by atoms with Crippen LogP contribution in [0.4, 0.5) is 13.2 Å². The number of nitrogens with zero attached hydrogens (tertiary/aromatic N) is 3. The fourth-order valence-corrected chi connectivity index (χ4v) is 1.82. The largest absolute Gasteiger partial charge is 0.389 e. The molecule has 1 rings (SSSR count). The standard InChI is InChI=1S/C7H11F3N4S/c1-14-5(4-11)12-13-6(14)15-3-2-7(8,9)10/h2-4,11H2,1H3. The minimum Gasteiger partial charge on any atom is -0.324 e. The lowest BCUT2D eigenvalue weighted by Gasteiger charge is -2.05. The van der Waals surface area contributed by atoms with Gasteiger partial charge in [0.2, 0.25) is 0 Å². The van der Waals surface area contributed by atoms with Crippen LogP contribution >= 0.6 is 11.8 Å². The molecule has 0 bridgehead atoms. The summed E-state index contributed by atoms with van der Waals surface area (Å²) in [5.74, 6) is 0.504. The van der Waals surface area contributed by atoms with E-state index in [1.165, 1.54) is 0 Å². The van der Waals surface area contributed by atoms with Gasteiger partial charge in [-0.3, -0.25) is 0 Å². The minimum atomic E-state index is -4.12. The summed E-state index contributed by atoms with van der Waals surface area (Å²) < 4.78 is 37.2. The van der Waals surface area contributed by atoms with Gasteiger partial charge in [0.15, 0.2) is 5.16 Å². The van der Waals surface area contributed by atoms with Crippen LogP contribution in [0, 0.1) is 0 Å². The first-order valence-electron chi connectivity index (χ1n) is 4.22. The Bertz CT molecular complexity index is 323. The third-order valence-corrected chi connectivity index (χ3v) is 2.75. The number of nitrogens with two attached hydrogens (primary N) is 1. The highest BCUT2D eigenvalue weighted by Crippen LogP contribution is 2.25. The fourth-order valence-electron chi connectivity index (χ4n) is 0.907. The molecule has 0 radical (unpaired) electrons. The molecule has 0 aromatic carbocycles. The van der Waals surface area contributed by atoms with Crippen molar-refractivity contribution in [1.29, 1.82) is 0 Å². The monoisotopic (exact) mass is 240 g/mol. The van der Waals surface area contributed by atoms with Crippen LogP contribution in [0.2, 0.25) is 0 Å². The lowest BCUT2D eigenvalue weighted by molar-refractivity contribution is -0.129. The molecule has 0 saturated carbocycles. The zero-order chi connectivity index (χ0) is 11.5. The van der Waals surface area contributed by atoms with Gasteiger partial charge in [-0.15, -0.1) is 10.2 Å². The van der Waals surface area contributed by atoms with Crippen LogP contribution in [0.15, 0.2) is 5.16 Å². The lowest BCUT2D eigenvalue weighted by Crippen LogP contribution is -2.09. The predicted molar refractivity (Wildman–Crippen MR) is 50.3 cm³/mol. The second kappa shape index (κ2) is 4.84. The van der Waals surface area contributed by atoms with Crippen LogP contribution in [-0.4, -0.2) is 26.7 Å². The Morgan fingerprint density at radius 2 is 2.07 bits per heavy atom. The normalized spacial score (nSPS) is 12.1. The van der Waals surface area contributed by atoms with E-state index in [2.05, 4.69) is 10.2 Å². The van der Waals surface area contributed by atoms with Crippen molar-refractivity contribution in [3.8, 4) is 0 Å². The van der Waals surface area contributed by atoms with Crippen molar-refractivity contribution in [3.63, 3.8) is 0 Å². The maximum Gasteiger partial charge on any atom is 0.389 e. The zero-order valence-electron chi connectivity index (χ0n) is 8.08. The second-order valence-electron chi connectivity index (χ2n) is 2.88. The molecule has 0 aliphatic rings. The van der Waals surface area contributed by atoms with Crippen molar-refractivity contribution >= 4 is 11.8 Å². The molecular weight excluding hydrogens is 229 g/mol. The number of aromatic nitrogens is 3. The summed E-state index contributed by atoms with van der Waals surface area (Å²) >= 11 is 1.02. The molecule has 0 spiro atoms. The molecule has 0 fully saturated rings. The molecule has 0 aliphatic carbocycles. The molecule has 86 valence electrons. The number of hydrogen-bond acceptors (Lipinski definition) is 4. The van der Waals surface area contributed by atoms with E-state index >= 15 is 0 Å². The van der Waals surface area contributed by atoms with Crippen LogP contribution in [0.3, 0.4) is 0 Å². The molecule has 15 heavy (non-hydrogen) atoms. The van der Waals surface area contributed by atoms with E-state index in [4.69, 9.17) is 5.73 Å². The van der Waals surface area contributed by atoms with E-state index in [1.54, 1.807) is 11.6 Å². The summed E-state index contributed by atoms with van der Waals surface area (Å²) in [5, 5.41) is 7.93. The maximum atomic E-state index is 11.9. The molecule has 8 heteroatoms. The number of halogens is 3. The second-order valence-corrected chi connectivity index (χ2v) is 3.94. The van der Waals surface area contributed by atoms with Crippen LogP contribution in [-0.2, 0) is 13.6 Å². The lowest BCUT2D eigenvalue weighted by atomic mass is 10.5. The SMILES string of the molecule is Cn1c(CN)nnc1SCCC(F)(F)F. The van der Waals surface area contributed by atoms with Gasteiger partial charge < -0.3 is 10.3 Å². The van der Waals surface area contributed by atoms with Crippen LogP contribution in [0.1, 0.15) is 12.2 Å². The Kier molecular flexibility index (Phi) is 3.97. The van der Waals surface area contributed by atoms with Gasteiger partial charge in [-0.1, -0.05) is 11.8 Å². The van der Waals surface area contributed by atoms with Crippen molar-refractivity contribution in [2.24, 2.45) is 12.8 Å². The van der Waals surface area contributed by atoms with E-state index in [0.717, 1.165) is 11.8 Å². The molecule has 0 amide bonds. The van der Waals surface area contributed by atoms with Gasteiger partial charge in [0.25, 0.3) is 0 Å². The van der Waals surface area contributed by atoms with Crippen LogP contribution < -0.4 is 5.73 Å². The quantitative estimate of drug-likeness (QED) is 0.806. The van der Waals surface area contributed by atoms with Gasteiger partial charge in [0.05, 0.1) is 13.0 Å². The molecule has 2 N–H and O–H groups in total. The average Bonchev–Trinajstić information content (AvgIpc) is 2.46. The van der Waals surface area contributed by atoms with Crippen molar-refractivity contribution in [2.45, 2.75) is 24.3 Å². The number of thioether (sulfide) groups is 1. The van der Waals surface area contributed by atoms with E-state index in [-0.39, 0.29) is 12.3 Å². The Balaban J connectivity index is 2.48. The number of rotatable bonds is 4. The molecule has 1 heterocycles. The molecule has 4 nitrogen and oxygen atoms in total. The number of alkyl halides is 3. The summed E-state index contributed by atoms with van der Waals surface area (Å²) in [4.78, 5) is 0. The first-order valence-corrected chi connectivity index (χ1v) is 5.20. The maximum absolute atomic E-state index is 11.9. The van der Waals surface area contributed by atoms with E-state index in [9.17, 15) is 13.2 Å². The van der Waals surface area contributed by atoms with Crippen molar-refractivity contribution in [1.82, 2.24) is 14.8 Å². The third kappa shape index (κ3) is 3.71. The molecular formula is C7H11F3N4S. The Morgan fingerprint density at radius 1 is 1.40 bits per heavy atom. The highest BCUT2D eigenvalue weighted by molar-refractivity contribution is 7.99. The highest BCUT2D eigenvalue weighted by Gasteiger charge is 2.26. The first-order chi connectivity index (χ1) is 6.94. The van der Waals surface area contributed by atoms with Gasteiger partial charge in [-0.25, -0.2) is 0 Å². The van der Waals surface area contributed by atoms with Gasteiger partial charge in [-0.05, 0) is 0 Å². The van der Waals surface area contributed by atoms with E-state index in [1.807, 2.05) is 0 Å². The number of hydrogen-bond donors (Lipinski definition) is 1. The summed E-state index contributed by atoms with van der Waals surface area (Å²) in [6.45, 7) is 0.226. The minimum absolute atomic E-state index is 0.0555. The first kappa shape index (κ1) is 12.3. The summed E-state index contributed by atoms with van der Waals surface area (Å²) in [5.41, 5.74) is 5.35. The van der Waals surface area contributed by atoms with Gasteiger partial charge in [-0.2, -0.15) is 13.2 Å². The summed E-state index contributed by atoms with van der Waals surface area (Å²) in [6.07, 6.45) is -4.95. The molecule has 0 atom stereocenters. The fraction of sp³-hybridized carbons (Fsp3) is 0.714. The van der Waals surface area contributed by atoms with Crippen molar-refractivity contribution in [3.05, 3.63) is 5.82 Å². The molecule has 1 aromatic rings. The smallest absolute Gasteiger partial charge is 0.324 e. The topological polar surface area (TPSA) is 56.7 Å². The summed E-state index contributed by atoms with van der Waals surface area (Å²) in [6, 6.07) is 0. The molecule has 1 aromatic heterocycles. The summed E-state index contributed by atoms with van der Waals surface area (Å²) in [7, 11) is 1.68. The predicted octanol–water partition coefficient (Wildman–Crippen LogP) is 1.32. The van der Waals surface area contributed by atoms with Crippen LogP contribution in [0.5, 0.6) is 0 Å².